The van der Waals surface area contributed by atoms with Gasteiger partial charge in [0, 0.05) is 5.56 Å². The first-order valence-corrected chi connectivity index (χ1v) is 15.1. The fraction of sp³-hybridized carbons (Fsp3) is 0.343. The number of methoxy groups -OCH3 is 1. The number of carboxylic acid groups (broad SMARTS) is 2. The van der Waals surface area contributed by atoms with Gasteiger partial charge in [-0.25, -0.2) is 4.79 Å². The predicted octanol–water partition coefficient (Wildman–Crippen LogP) is 3.74. The molecule has 13 heteroatoms. The number of hydrogen-bond donors (Lipinski definition) is 3. The summed E-state index contributed by atoms with van der Waals surface area (Å²) in [4.78, 5) is 59.5. The third-order valence-electron chi connectivity index (χ3n) is 6.93. The third-order valence-corrected chi connectivity index (χ3v) is 6.93. The Balaban J connectivity index is 1.71. The highest BCUT2D eigenvalue weighted by Crippen LogP contribution is 2.22. The molecular formula is C35H39NO12. The minimum absolute atomic E-state index is 0.0488. The molecule has 13 nitrogen and oxygen atoms in total. The maximum atomic E-state index is 13.5. The lowest BCUT2D eigenvalue weighted by atomic mass is 10.00. The van der Waals surface area contributed by atoms with E-state index >= 15 is 0 Å². The summed E-state index contributed by atoms with van der Waals surface area (Å²) in [5.41, 5.74) is 1.76. The first kappa shape index (κ1) is 37.3. The minimum atomic E-state index is -1.37. The molecule has 0 heterocycles. The van der Waals surface area contributed by atoms with Crippen molar-refractivity contribution < 1.29 is 57.9 Å². The summed E-state index contributed by atoms with van der Waals surface area (Å²) < 4.78 is 26.8. The Bertz CT molecular complexity index is 1470. The van der Waals surface area contributed by atoms with E-state index in [2.05, 4.69) is 10.1 Å². The molecule has 0 aliphatic rings. The third kappa shape index (κ3) is 12.9. The van der Waals surface area contributed by atoms with Crippen LogP contribution in [0.3, 0.4) is 0 Å². The number of carbonyl (C=O) groups is 5. The lowest BCUT2D eigenvalue weighted by Crippen LogP contribution is -2.58. The molecule has 0 unspecified atom stereocenters. The Morgan fingerprint density at radius 2 is 1.12 bits per heavy atom. The second-order valence-corrected chi connectivity index (χ2v) is 10.7. The van der Waals surface area contributed by atoms with Crippen molar-refractivity contribution in [3.05, 3.63) is 95.6 Å². The van der Waals surface area contributed by atoms with Crippen molar-refractivity contribution in [1.82, 2.24) is 5.32 Å². The molecule has 0 radical (unpaired) electrons. The monoisotopic (exact) mass is 665 g/mol. The zero-order chi connectivity index (χ0) is 34.8. The molecule has 0 fully saturated rings. The van der Waals surface area contributed by atoms with Gasteiger partial charge in [-0.1, -0.05) is 54.6 Å². The SMILES string of the molecule is COC(=O)CCOCC(COCCC(=O)O)(COCCC(=O)O)NC(=O)c1ccc(-c2ccc(C(=O)OCc3ccccc3)cc2)cc1. The predicted molar refractivity (Wildman–Crippen MR) is 171 cm³/mol. The second-order valence-electron chi connectivity index (χ2n) is 10.7. The molecule has 0 atom stereocenters. The van der Waals surface area contributed by atoms with Crippen molar-refractivity contribution in [2.24, 2.45) is 0 Å². The van der Waals surface area contributed by atoms with Gasteiger partial charge in [-0.2, -0.15) is 0 Å². The first-order valence-electron chi connectivity index (χ1n) is 15.1. The van der Waals surface area contributed by atoms with Crippen LogP contribution in [0.15, 0.2) is 78.9 Å². The molecule has 0 aromatic heterocycles. The van der Waals surface area contributed by atoms with E-state index in [0.717, 1.165) is 16.7 Å². The van der Waals surface area contributed by atoms with Crippen LogP contribution in [0.1, 0.15) is 45.5 Å². The number of ether oxygens (including phenoxy) is 5. The fourth-order valence-corrected chi connectivity index (χ4v) is 4.34. The maximum Gasteiger partial charge on any atom is 0.338 e. The molecule has 0 aliphatic carbocycles. The molecule has 0 saturated heterocycles. The standard InChI is InChI=1S/C35H39NO12/c1-44-32(41)17-20-47-24-35(22-45-18-15-30(37)38,23-46-19-16-31(39)40)36-33(42)28-11-7-26(8-12-28)27-9-13-29(14-10-27)34(43)48-21-25-5-3-2-4-6-25/h2-14H,15-24H2,1H3,(H,36,42)(H,37,38)(H,39,40). The Labute approximate surface area is 277 Å². The van der Waals surface area contributed by atoms with Crippen LogP contribution in [0, 0.1) is 0 Å². The van der Waals surface area contributed by atoms with Gasteiger partial charge < -0.3 is 39.2 Å². The number of nitrogens with one attached hydrogen (secondary N) is 1. The van der Waals surface area contributed by atoms with Gasteiger partial charge in [0.05, 0.1) is 71.6 Å². The van der Waals surface area contributed by atoms with Gasteiger partial charge in [0.15, 0.2) is 0 Å². The smallest absolute Gasteiger partial charge is 0.338 e. The molecule has 0 aliphatic heterocycles. The molecule has 3 N–H and O–H groups in total. The van der Waals surface area contributed by atoms with Crippen LogP contribution in [0.2, 0.25) is 0 Å². The summed E-state index contributed by atoms with van der Waals surface area (Å²) >= 11 is 0. The van der Waals surface area contributed by atoms with Crippen LogP contribution in [0.4, 0.5) is 0 Å². The average Bonchev–Trinajstić information content (AvgIpc) is 3.09. The van der Waals surface area contributed by atoms with E-state index < -0.39 is 35.3 Å². The quantitative estimate of drug-likeness (QED) is 0.111. The lowest BCUT2D eigenvalue weighted by Gasteiger charge is -2.34. The van der Waals surface area contributed by atoms with Crippen LogP contribution < -0.4 is 5.32 Å². The highest BCUT2D eigenvalue weighted by Gasteiger charge is 2.34. The Morgan fingerprint density at radius 3 is 1.60 bits per heavy atom. The first-order chi connectivity index (χ1) is 23.1. The number of hydrogen-bond acceptors (Lipinski definition) is 10. The minimum Gasteiger partial charge on any atom is -0.481 e. The van der Waals surface area contributed by atoms with E-state index in [4.69, 9.17) is 29.2 Å². The molecule has 48 heavy (non-hydrogen) atoms. The normalized spacial score (nSPS) is 11.0. The van der Waals surface area contributed by atoms with Gasteiger partial charge in [-0.3, -0.25) is 19.2 Å². The zero-order valence-electron chi connectivity index (χ0n) is 26.6. The van der Waals surface area contributed by atoms with Gasteiger partial charge in [0.1, 0.15) is 12.1 Å². The average molecular weight is 666 g/mol. The molecule has 0 saturated carbocycles. The molecule has 256 valence electrons. The number of rotatable bonds is 21. The summed E-state index contributed by atoms with van der Waals surface area (Å²) in [7, 11) is 1.24. The van der Waals surface area contributed by atoms with E-state index in [1.165, 1.54) is 7.11 Å². The van der Waals surface area contributed by atoms with Gasteiger partial charge in [0.25, 0.3) is 5.91 Å². The van der Waals surface area contributed by atoms with Crippen LogP contribution >= 0.6 is 0 Å². The van der Waals surface area contributed by atoms with Crippen LogP contribution in [0.25, 0.3) is 11.1 Å². The molecule has 3 rings (SSSR count). The topological polar surface area (TPSA) is 184 Å². The number of amides is 1. The van der Waals surface area contributed by atoms with Gasteiger partial charge in [-0.15, -0.1) is 0 Å². The second kappa shape index (κ2) is 19.5. The summed E-state index contributed by atoms with van der Waals surface area (Å²) in [6.45, 7) is -0.869. The zero-order valence-corrected chi connectivity index (χ0v) is 26.6. The largest absolute Gasteiger partial charge is 0.481 e. The summed E-state index contributed by atoms with van der Waals surface area (Å²) in [5, 5.41) is 20.8. The van der Waals surface area contributed by atoms with Crippen LogP contribution in [0.5, 0.6) is 0 Å². The van der Waals surface area contributed by atoms with E-state index in [1.807, 2.05) is 30.3 Å². The molecule has 1 amide bonds. The van der Waals surface area contributed by atoms with Crippen LogP contribution in [-0.4, -0.2) is 92.3 Å². The molecule has 0 bridgehead atoms. The van der Waals surface area contributed by atoms with Crippen molar-refractivity contribution in [3.8, 4) is 11.1 Å². The Kier molecular flexibility index (Phi) is 15.2. The van der Waals surface area contributed by atoms with Crippen molar-refractivity contribution in [1.29, 1.82) is 0 Å². The van der Waals surface area contributed by atoms with E-state index in [0.29, 0.717) is 5.56 Å². The maximum absolute atomic E-state index is 13.5. The fourth-order valence-electron chi connectivity index (χ4n) is 4.34. The van der Waals surface area contributed by atoms with Gasteiger partial charge >= 0.3 is 23.9 Å². The lowest BCUT2D eigenvalue weighted by molar-refractivity contribution is -0.142. The Morgan fingerprint density at radius 1 is 0.646 bits per heavy atom. The van der Waals surface area contributed by atoms with Gasteiger partial charge in [0.2, 0.25) is 0 Å². The number of esters is 2. The van der Waals surface area contributed by atoms with Crippen molar-refractivity contribution in [3.63, 3.8) is 0 Å². The van der Waals surface area contributed by atoms with E-state index in [1.54, 1.807) is 48.5 Å². The Hall–Kier alpha value is -5.11. The highest BCUT2D eigenvalue weighted by molar-refractivity contribution is 5.95. The summed E-state index contributed by atoms with van der Waals surface area (Å²) in [6, 6.07) is 22.9. The number of aliphatic carboxylic acids is 2. The number of carbonyl (C=O) groups excluding carboxylic acids is 3. The van der Waals surface area contributed by atoms with E-state index in [9.17, 15) is 24.0 Å². The van der Waals surface area contributed by atoms with Crippen LogP contribution in [-0.2, 0) is 44.7 Å². The van der Waals surface area contributed by atoms with Crippen molar-refractivity contribution in [2.75, 3.05) is 46.8 Å². The van der Waals surface area contributed by atoms with Crippen molar-refractivity contribution in [2.45, 2.75) is 31.4 Å². The summed E-state index contributed by atoms with van der Waals surface area (Å²) in [5.74, 6) is -3.63. The highest BCUT2D eigenvalue weighted by atomic mass is 16.5. The molecule has 3 aromatic carbocycles. The molecule has 0 spiro atoms. The van der Waals surface area contributed by atoms with E-state index in [-0.39, 0.29) is 71.1 Å². The van der Waals surface area contributed by atoms with Crippen molar-refractivity contribution >= 4 is 29.8 Å². The molecular weight excluding hydrogens is 626 g/mol. The number of carboxylic acids is 2. The molecule has 3 aromatic rings. The number of benzene rings is 3. The van der Waals surface area contributed by atoms with Gasteiger partial charge in [-0.05, 0) is 41.0 Å². The summed E-state index contributed by atoms with van der Waals surface area (Å²) in [6.07, 6.45) is -0.633.